The molecule has 0 aromatic heterocycles. The van der Waals surface area contributed by atoms with Crippen molar-refractivity contribution in [2.75, 3.05) is 39.5 Å². The number of rotatable bonds is 20. The fourth-order valence-corrected chi connectivity index (χ4v) is 3.84. The van der Waals surface area contributed by atoms with E-state index in [-0.39, 0.29) is 0 Å². The Hall–Kier alpha value is -0.160. The normalized spacial score (nSPS) is 13.4. The van der Waals surface area contributed by atoms with Crippen LogP contribution in [0.2, 0.25) is 0 Å². The number of unbranched alkanes of at least 4 members (excludes halogenated alkanes) is 4. The molecule has 1 atom stereocenters. The van der Waals surface area contributed by atoms with E-state index in [1.807, 2.05) is 20.8 Å². The van der Waals surface area contributed by atoms with Crippen molar-refractivity contribution in [1.82, 2.24) is 4.90 Å². The monoisotopic (exact) mass is 387 g/mol. The van der Waals surface area contributed by atoms with Gasteiger partial charge in [-0.3, -0.25) is 0 Å². The van der Waals surface area contributed by atoms with Gasteiger partial charge in [-0.15, -0.1) is 0 Å². The molecular weight excluding hydrogens is 338 g/mol. The van der Waals surface area contributed by atoms with Gasteiger partial charge < -0.3 is 19.1 Å². The van der Waals surface area contributed by atoms with Crippen LogP contribution in [-0.4, -0.2) is 50.3 Å². The number of hydrogen-bond donors (Lipinski definition) is 0. The summed E-state index contributed by atoms with van der Waals surface area (Å²) in [4.78, 5) is 2.51. The van der Waals surface area contributed by atoms with Crippen LogP contribution in [0.15, 0.2) is 0 Å². The molecule has 0 rings (SSSR count). The minimum atomic E-state index is -0.860. The number of ether oxygens (including phenoxy) is 3. The molecule has 0 aromatic carbocycles. The van der Waals surface area contributed by atoms with E-state index in [1.54, 1.807) is 0 Å². The molecule has 4 heteroatoms. The summed E-state index contributed by atoms with van der Waals surface area (Å²) in [6.45, 7) is 18.1. The van der Waals surface area contributed by atoms with Gasteiger partial charge in [0.05, 0.1) is 0 Å². The van der Waals surface area contributed by atoms with Gasteiger partial charge in [-0.2, -0.15) is 0 Å². The van der Waals surface area contributed by atoms with Crippen LogP contribution in [0.5, 0.6) is 0 Å². The molecule has 0 bridgehead atoms. The van der Waals surface area contributed by atoms with Crippen LogP contribution in [0.25, 0.3) is 0 Å². The lowest BCUT2D eigenvalue weighted by Crippen LogP contribution is -2.41. The summed E-state index contributed by atoms with van der Waals surface area (Å²) < 4.78 is 18.0. The Morgan fingerprint density at radius 1 is 0.667 bits per heavy atom. The van der Waals surface area contributed by atoms with E-state index in [9.17, 15) is 0 Å². The summed E-state index contributed by atoms with van der Waals surface area (Å²) in [5.41, 5.74) is 0. The van der Waals surface area contributed by atoms with E-state index in [4.69, 9.17) is 14.2 Å². The zero-order chi connectivity index (χ0) is 20.4. The van der Waals surface area contributed by atoms with E-state index in [0.717, 1.165) is 19.5 Å². The van der Waals surface area contributed by atoms with Gasteiger partial charge in [0.25, 0.3) is 5.97 Å². The van der Waals surface area contributed by atoms with E-state index >= 15 is 0 Å². The van der Waals surface area contributed by atoms with Gasteiger partial charge in [0, 0.05) is 26.2 Å². The van der Waals surface area contributed by atoms with Crippen LogP contribution < -0.4 is 0 Å². The van der Waals surface area contributed by atoms with Gasteiger partial charge >= 0.3 is 0 Å². The summed E-state index contributed by atoms with van der Waals surface area (Å²) in [5, 5.41) is 0. The second-order valence-corrected chi connectivity index (χ2v) is 7.42. The maximum absolute atomic E-state index is 6.00. The molecular formula is C23H49NO3. The third-order valence-corrected chi connectivity index (χ3v) is 5.33. The van der Waals surface area contributed by atoms with E-state index in [0.29, 0.717) is 25.7 Å². The molecule has 164 valence electrons. The fraction of sp³-hybridized carbons (Fsp3) is 1.00. The Labute approximate surface area is 170 Å². The van der Waals surface area contributed by atoms with Gasteiger partial charge in [-0.1, -0.05) is 59.3 Å². The lowest BCUT2D eigenvalue weighted by Gasteiger charge is -2.35. The molecule has 4 nitrogen and oxygen atoms in total. The quantitative estimate of drug-likeness (QED) is 0.183. The smallest absolute Gasteiger partial charge is 0.283 e. The zero-order valence-corrected chi connectivity index (χ0v) is 19.4. The van der Waals surface area contributed by atoms with Crippen molar-refractivity contribution in [3.63, 3.8) is 0 Å². The van der Waals surface area contributed by atoms with Gasteiger partial charge in [0.2, 0.25) is 0 Å². The summed E-state index contributed by atoms with van der Waals surface area (Å²) >= 11 is 0. The highest BCUT2D eigenvalue weighted by Gasteiger charge is 2.35. The molecule has 0 spiro atoms. The Morgan fingerprint density at radius 2 is 1.19 bits per heavy atom. The average molecular weight is 388 g/mol. The second-order valence-electron chi connectivity index (χ2n) is 7.42. The van der Waals surface area contributed by atoms with Crippen LogP contribution in [0, 0.1) is 5.92 Å². The highest BCUT2D eigenvalue weighted by atomic mass is 16.9. The number of nitrogens with zero attached hydrogens (tertiary/aromatic N) is 1. The van der Waals surface area contributed by atoms with Gasteiger partial charge in [0.15, 0.2) is 0 Å². The lowest BCUT2D eigenvalue weighted by atomic mass is 9.91. The summed E-state index contributed by atoms with van der Waals surface area (Å²) in [5.74, 6) is -0.270. The molecule has 0 N–H and O–H groups in total. The van der Waals surface area contributed by atoms with Gasteiger partial charge in [-0.25, -0.2) is 0 Å². The third kappa shape index (κ3) is 12.8. The van der Waals surface area contributed by atoms with Crippen LogP contribution in [0.4, 0.5) is 0 Å². The molecule has 0 aliphatic rings. The topological polar surface area (TPSA) is 30.9 Å². The molecule has 0 radical (unpaired) electrons. The van der Waals surface area contributed by atoms with Crippen LogP contribution in [0.3, 0.4) is 0 Å². The Balaban J connectivity index is 4.82. The first-order valence-electron chi connectivity index (χ1n) is 11.7. The summed E-state index contributed by atoms with van der Waals surface area (Å²) in [7, 11) is 0. The molecule has 0 fully saturated rings. The van der Waals surface area contributed by atoms with Gasteiger partial charge in [0.1, 0.15) is 0 Å². The van der Waals surface area contributed by atoms with Crippen molar-refractivity contribution in [2.24, 2.45) is 5.92 Å². The predicted octanol–water partition coefficient (Wildman–Crippen LogP) is 6.24. The average Bonchev–Trinajstić information content (AvgIpc) is 2.65. The van der Waals surface area contributed by atoms with Crippen molar-refractivity contribution in [2.45, 2.75) is 105 Å². The van der Waals surface area contributed by atoms with Crippen molar-refractivity contribution >= 4 is 0 Å². The minimum absolute atomic E-state index is 0.590. The molecule has 27 heavy (non-hydrogen) atoms. The molecule has 0 aromatic rings. The van der Waals surface area contributed by atoms with Crippen molar-refractivity contribution in [3.8, 4) is 0 Å². The molecule has 1 unspecified atom stereocenters. The molecule has 0 aliphatic heterocycles. The van der Waals surface area contributed by atoms with Crippen molar-refractivity contribution < 1.29 is 14.2 Å². The van der Waals surface area contributed by atoms with Crippen LogP contribution in [-0.2, 0) is 14.2 Å². The zero-order valence-electron chi connectivity index (χ0n) is 19.4. The lowest BCUT2D eigenvalue weighted by molar-refractivity contribution is -0.384. The molecule has 0 aliphatic carbocycles. The predicted molar refractivity (Wildman–Crippen MR) is 116 cm³/mol. The molecule has 0 amide bonds. The second kappa shape index (κ2) is 17.9. The Morgan fingerprint density at radius 3 is 1.67 bits per heavy atom. The fourth-order valence-electron chi connectivity index (χ4n) is 3.84. The number of hydrogen-bond acceptors (Lipinski definition) is 4. The summed E-state index contributed by atoms with van der Waals surface area (Å²) in [6, 6.07) is 0. The first kappa shape index (κ1) is 26.8. The molecule has 0 saturated carbocycles. The maximum atomic E-state index is 6.00. The minimum Gasteiger partial charge on any atom is -0.328 e. The van der Waals surface area contributed by atoms with E-state index in [1.165, 1.54) is 57.9 Å². The van der Waals surface area contributed by atoms with Crippen LogP contribution >= 0.6 is 0 Å². The van der Waals surface area contributed by atoms with E-state index < -0.39 is 5.97 Å². The Kier molecular flexibility index (Phi) is 17.8. The van der Waals surface area contributed by atoms with Crippen molar-refractivity contribution in [3.05, 3.63) is 0 Å². The van der Waals surface area contributed by atoms with Crippen molar-refractivity contribution in [1.29, 1.82) is 0 Å². The van der Waals surface area contributed by atoms with Gasteiger partial charge in [-0.05, 0) is 59.2 Å². The third-order valence-electron chi connectivity index (χ3n) is 5.33. The first-order valence-corrected chi connectivity index (χ1v) is 11.7. The first-order chi connectivity index (χ1) is 13.1. The maximum Gasteiger partial charge on any atom is 0.283 e. The largest absolute Gasteiger partial charge is 0.328 e. The van der Waals surface area contributed by atoms with E-state index in [2.05, 4.69) is 25.7 Å². The Bertz CT molecular complexity index is 291. The molecule has 0 saturated heterocycles. The highest BCUT2D eigenvalue weighted by Crippen LogP contribution is 2.31. The SMILES string of the molecule is CCCCCCCC(CCCN(CC)CC)CC(OCC)(OCC)OCC. The summed E-state index contributed by atoms with van der Waals surface area (Å²) in [6.07, 6.45) is 11.2. The van der Waals surface area contributed by atoms with Crippen LogP contribution in [0.1, 0.15) is 99.3 Å². The molecule has 0 heterocycles. The highest BCUT2D eigenvalue weighted by molar-refractivity contribution is 4.70. The standard InChI is InChI=1S/C23H49NO3/c1-7-13-14-15-16-18-22(19-17-20-24(8-2)9-3)21-23(25-10-4,26-11-5)27-12-6/h22H,7-21H2,1-6H3.